The molecule has 182 valence electrons. The molecule has 0 aliphatic carbocycles. The molecule has 2 aromatic rings. The molecule has 1 saturated heterocycles. The second-order valence-corrected chi connectivity index (χ2v) is 9.81. The first-order valence-electron chi connectivity index (χ1n) is 11.4. The van der Waals surface area contributed by atoms with E-state index in [0.717, 1.165) is 37.2 Å². The maximum atomic E-state index is 12.6. The predicted octanol–water partition coefficient (Wildman–Crippen LogP) is 2.20. The van der Waals surface area contributed by atoms with Gasteiger partial charge in [-0.25, -0.2) is 13.8 Å². The lowest BCUT2D eigenvalue weighted by Crippen LogP contribution is -2.35. The van der Waals surface area contributed by atoms with Crippen LogP contribution in [0.2, 0.25) is 0 Å². The highest BCUT2D eigenvalue weighted by atomic mass is 32.2. The van der Waals surface area contributed by atoms with Gasteiger partial charge in [0.05, 0.1) is 17.7 Å². The van der Waals surface area contributed by atoms with Crippen molar-refractivity contribution in [3.63, 3.8) is 0 Å². The second-order valence-electron chi connectivity index (χ2n) is 7.88. The number of carbonyl (C=O) groups is 2. The van der Waals surface area contributed by atoms with Crippen LogP contribution in [-0.4, -0.2) is 63.5 Å². The van der Waals surface area contributed by atoms with Gasteiger partial charge < -0.3 is 10.2 Å². The van der Waals surface area contributed by atoms with Crippen LogP contribution < -0.4 is 15.6 Å². The van der Waals surface area contributed by atoms with Crippen molar-refractivity contribution in [1.82, 2.24) is 15.0 Å². The van der Waals surface area contributed by atoms with E-state index in [1.165, 1.54) is 34.8 Å². The van der Waals surface area contributed by atoms with Crippen LogP contribution in [0.5, 0.6) is 0 Å². The summed E-state index contributed by atoms with van der Waals surface area (Å²) in [5.74, 6) is -0.950. The lowest BCUT2D eigenvalue weighted by Gasteiger charge is -2.20. The molecule has 3 rings (SSSR count). The van der Waals surface area contributed by atoms with Crippen molar-refractivity contribution in [2.45, 2.75) is 31.6 Å². The molecular weight excluding hydrogens is 454 g/mol. The van der Waals surface area contributed by atoms with Crippen LogP contribution in [-0.2, 0) is 14.8 Å². The molecule has 0 bridgehead atoms. The van der Waals surface area contributed by atoms with E-state index in [1.54, 1.807) is 0 Å². The number of amides is 2. The van der Waals surface area contributed by atoms with E-state index in [2.05, 4.69) is 34.6 Å². The maximum absolute atomic E-state index is 12.6. The Morgan fingerprint density at radius 1 is 1.00 bits per heavy atom. The fourth-order valence-corrected chi connectivity index (χ4v) is 5.21. The van der Waals surface area contributed by atoms with Crippen molar-refractivity contribution in [3.05, 3.63) is 59.7 Å². The van der Waals surface area contributed by atoms with Gasteiger partial charge in [-0.05, 0) is 68.7 Å². The highest BCUT2D eigenvalue weighted by Crippen LogP contribution is 2.21. The fourth-order valence-electron chi connectivity index (χ4n) is 3.70. The number of rotatable bonds is 10. The molecule has 2 aromatic carbocycles. The van der Waals surface area contributed by atoms with Crippen LogP contribution in [0.4, 0.5) is 5.69 Å². The molecule has 0 aromatic heterocycles. The van der Waals surface area contributed by atoms with Gasteiger partial charge in [0.15, 0.2) is 0 Å². The van der Waals surface area contributed by atoms with Gasteiger partial charge in [-0.2, -0.15) is 9.41 Å². The van der Waals surface area contributed by atoms with Crippen molar-refractivity contribution >= 4 is 33.7 Å². The summed E-state index contributed by atoms with van der Waals surface area (Å²) in [6, 6.07) is 13.5. The first-order valence-corrected chi connectivity index (χ1v) is 12.8. The Labute approximate surface area is 200 Å². The van der Waals surface area contributed by atoms with Crippen molar-refractivity contribution in [2.24, 2.45) is 5.10 Å². The number of sulfonamides is 1. The van der Waals surface area contributed by atoms with Crippen LogP contribution >= 0.6 is 0 Å². The maximum Gasteiger partial charge on any atom is 0.259 e. The summed E-state index contributed by atoms with van der Waals surface area (Å²) in [7, 11) is -3.53. The standard InChI is InChI=1S/C24H31N5O4S/c1-3-28(4-2)21-11-7-19(8-12-21)17-26-27-23(30)18-25-24(31)20-9-13-22(14-10-20)34(32,33)29-15-5-6-16-29/h7-14,17H,3-6,15-16,18H2,1-2H3,(H,25,31)(H,27,30)/b26-17+. The van der Waals surface area contributed by atoms with Gasteiger partial charge in [0.2, 0.25) is 10.0 Å². The zero-order chi connectivity index (χ0) is 24.6. The number of hydrazone groups is 1. The normalized spacial score (nSPS) is 14.3. The van der Waals surface area contributed by atoms with E-state index in [4.69, 9.17) is 0 Å². The minimum absolute atomic E-state index is 0.156. The molecular formula is C24H31N5O4S. The Morgan fingerprint density at radius 2 is 1.62 bits per heavy atom. The van der Waals surface area contributed by atoms with E-state index < -0.39 is 21.8 Å². The highest BCUT2D eigenvalue weighted by Gasteiger charge is 2.27. The van der Waals surface area contributed by atoms with Gasteiger partial charge in [0, 0.05) is 37.4 Å². The van der Waals surface area contributed by atoms with Crippen LogP contribution in [0.3, 0.4) is 0 Å². The summed E-state index contributed by atoms with van der Waals surface area (Å²) >= 11 is 0. The van der Waals surface area contributed by atoms with E-state index in [1.807, 2.05) is 24.3 Å². The van der Waals surface area contributed by atoms with Gasteiger partial charge in [-0.1, -0.05) is 12.1 Å². The average molecular weight is 486 g/mol. The van der Waals surface area contributed by atoms with Crippen LogP contribution in [0.15, 0.2) is 58.5 Å². The van der Waals surface area contributed by atoms with Crippen molar-refractivity contribution in [1.29, 1.82) is 0 Å². The number of hydrogen-bond donors (Lipinski definition) is 2. The first-order chi connectivity index (χ1) is 16.3. The summed E-state index contributed by atoms with van der Waals surface area (Å²) in [5, 5.41) is 6.43. The van der Waals surface area contributed by atoms with Gasteiger partial charge in [-0.15, -0.1) is 0 Å². The van der Waals surface area contributed by atoms with E-state index in [0.29, 0.717) is 13.1 Å². The second kappa shape index (κ2) is 11.8. The predicted molar refractivity (Wildman–Crippen MR) is 133 cm³/mol. The number of benzene rings is 2. The summed E-state index contributed by atoms with van der Waals surface area (Å²) in [4.78, 5) is 26.7. The van der Waals surface area contributed by atoms with Crippen molar-refractivity contribution in [3.8, 4) is 0 Å². The third-order valence-corrected chi connectivity index (χ3v) is 7.57. The quantitative estimate of drug-likeness (QED) is 0.396. The van der Waals surface area contributed by atoms with Gasteiger partial charge in [0.1, 0.15) is 0 Å². The SMILES string of the molecule is CCN(CC)c1ccc(/C=N/NC(=O)CNC(=O)c2ccc(S(=O)(=O)N3CCCC3)cc2)cc1. The molecule has 0 radical (unpaired) electrons. The smallest absolute Gasteiger partial charge is 0.259 e. The summed E-state index contributed by atoms with van der Waals surface area (Å²) < 4.78 is 26.6. The Morgan fingerprint density at radius 3 is 2.21 bits per heavy atom. The third kappa shape index (κ3) is 6.42. The van der Waals surface area contributed by atoms with Crippen LogP contribution in [0.1, 0.15) is 42.6 Å². The average Bonchev–Trinajstić information content (AvgIpc) is 3.40. The van der Waals surface area contributed by atoms with E-state index >= 15 is 0 Å². The van der Waals surface area contributed by atoms with E-state index in [-0.39, 0.29) is 17.0 Å². The van der Waals surface area contributed by atoms with Crippen molar-refractivity contribution < 1.29 is 18.0 Å². The lowest BCUT2D eigenvalue weighted by molar-refractivity contribution is -0.120. The molecule has 0 spiro atoms. The number of anilines is 1. The molecule has 2 N–H and O–H groups in total. The molecule has 0 unspecified atom stereocenters. The number of nitrogens with zero attached hydrogens (tertiary/aromatic N) is 3. The molecule has 1 heterocycles. The van der Waals surface area contributed by atoms with Gasteiger partial charge >= 0.3 is 0 Å². The molecule has 1 aliphatic rings. The Balaban J connectivity index is 1.47. The largest absolute Gasteiger partial charge is 0.372 e. The Hall–Kier alpha value is -3.24. The number of nitrogens with one attached hydrogen (secondary N) is 2. The fraction of sp³-hybridized carbons (Fsp3) is 0.375. The first kappa shape index (κ1) is 25.4. The Bertz CT molecular complexity index is 1110. The molecule has 9 nitrogen and oxygen atoms in total. The summed E-state index contributed by atoms with van der Waals surface area (Å²) in [6.45, 7) is 6.82. The molecule has 34 heavy (non-hydrogen) atoms. The minimum atomic E-state index is -3.53. The lowest BCUT2D eigenvalue weighted by atomic mass is 10.2. The van der Waals surface area contributed by atoms with Gasteiger partial charge in [0.25, 0.3) is 11.8 Å². The van der Waals surface area contributed by atoms with Crippen LogP contribution in [0.25, 0.3) is 0 Å². The molecule has 1 aliphatic heterocycles. The topological polar surface area (TPSA) is 111 Å². The van der Waals surface area contributed by atoms with Crippen molar-refractivity contribution in [2.75, 3.05) is 37.6 Å². The molecule has 10 heteroatoms. The zero-order valence-electron chi connectivity index (χ0n) is 19.5. The highest BCUT2D eigenvalue weighted by molar-refractivity contribution is 7.89. The number of hydrogen-bond acceptors (Lipinski definition) is 6. The molecule has 1 fully saturated rings. The number of carbonyl (C=O) groups excluding carboxylic acids is 2. The zero-order valence-corrected chi connectivity index (χ0v) is 20.3. The monoisotopic (exact) mass is 485 g/mol. The Kier molecular flexibility index (Phi) is 8.78. The van der Waals surface area contributed by atoms with E-state index in [9.17, 15) is 18.0 Å². The van der Waals surface area contributed by atoms with Crippen LogP contribution in [0, 0.1) is 0 Å². The molecule has 0 saturated carbocycles. The minimum Gasteiger partial charge on any atom is -0.372 e. The third-order valence-electron chi connectivity index (χ3n) is 5.65. The molecule has 2 amide bonds. The summed E-state index contributed by atoms with van der Waals surface area (Å²) in [6.07, 6.45) is 3.24. The summed E-state index contributed by atoms with van der Waals surface area (Å²) in [5.41, 5.74) is 4.61. The van der Waals surface area contributed by atoms with Gasteiger partial charge in [-0.3, -0.25) is 9.59 Å². The molecule has 0 atom stereocenters.